The zero-order chi connectivity index (χ0) is 14.9. The van der Waals surface area contributed by atoms with E-state index in [0.717, 1.165) is 12.0 Å². The first-order valence-electron chi connectivity index (χ1n) is 6.56. The van der Waals surface area contributed by atoms with Crippen molar-refractivity contribution in [3.8, 4) is 0 Å². The number of aryl methyl sites for hydroxylation is 1. The number of fused-ring (bicyclic) bond motifs is 1. The van der Waals surface area contributed by atoms with E-state index in [0.29, 0.717) is 17.2 Å². The van der Waals surface area contributed by atoms with Crippen LogP contribution < -0.4 is 16.1 Å². The van der Waals surface area contributed by atoms with Crippen LogP contribution in [0.25, 0.3) is 0 Å². The maximum atomic E-state index is 14.0. The van der Waals surface area contributed by atoms with Crippen LogP contribution >= 0.6 is 0 Å². The van der Waals surface area contributed by atoms with Crippen molar-refractivity contribution in [3.05, 3.63) is 23.5 Å². The quantitative estimate of drug-likeness (QED) is 0.728. The number of carbonyl (C=O) groups is 1. The first-order chi connectivity index (χ1) is 9.35. The smallest absolute Gasteiger partial charge is 0.237 e. The third kappa shape index (κ3) is 2.59. The lowest BCUT2D eigenvalue weighted by atomic mass is 9.96. The summed E-state index contributed by atoms with van der Waals surface area (Å²) < 4.78 is 14.0. The Bertz CT molecular complexity index is 581. The summed E-state index contributed by atoms with van der Waals surface area (Å²) in [6, 6.07) is 3.20. The summed E-state index contributed by atoms with van der Waals surface area (Å²) in [4.78, 5) is 11.0. The topological polar surface area (TPSA) is 65.5 Å². The van der Waals surface area contributed by atoms with E-state index in [1.807, 2.05) is 20.8 Å². The third-order valence-electron chi connectivity index (χ3n) is 3.22. The van der Waals surface area contributed by atoms with Gasteiger partial charge in [-0.1, -0.05) is 13.0 Å². The Labute approximate surface area is 117 Å². The molecule has 1 heterocycles. The lowest BCUT2D eigenvalue weighted by Gasteiger charge is -2.36. The van der Waals surface area contributed by atoms with Gasteiger partial charge in [0.1, 0.15) is 5.82 Å². The highest BCUT2D eigenvalue weighted by Gasteiger charge is 2.33. The molecular formula is C14H19FN4O. The maximum Gasteiger partial charge on any atom is 0.237 e. The van der Waals surface area contributed by atoms with E-state index in [2.05, 4.69) is 21.2 Å². The number of amidine groups is 1. The minimum Gasteiger partial charge on any atom is -0.369 e. The normalized spacial score (nSPS) is 17.9. The molecule has 108 valence electrons. The van der Waals surface area contributed by atoms with Crippen molar-refractivity contribution in [1.82, 2.24) is 5.43 Å². The van der Waals surface area contributed by atoms with Crippen LogP contribution in [0.2, 0.25) is 0 Å². The number of rotatable bonds is 2. The number of amides is 1. The SMILES string of the molecule is CCc1ccc(F)c2c1N/C(=N\NC(C)=O)C(C)(C)N2. The Morgan fingerprint density at radius 1 is 1.40 bits per heavy atom. The summed E-state index contributed by atoms with van der Waals surface area (Å²) >= 11 is 0. The van der Waals surface area contributed by atoms with Gasteiger partial charge >= 0.3 is 0 Å². The molecule has 0 saturated heterocycles. The van der Waals surface area contributed by atoms with Gasteiger partial charge in [-0.2, -0.15) is 5.10 Å². The monoisotopic (exact) mass is 278 g/mol. The highest BCUT2D eigenvalue weighted by molar-refractivity contribution is 6.09. The predicted molar refractivity (Wildman–Crippen MR) is 78.4 cm³/mol. The van der Waals surface area contributed by atoms with Crippen LogP contribution in [-0.2, 0) is 11.2 Å². The van der Waals surface area contributed by atoms with E-state index < -0.39 is 5.54 Å². The van der Waals surface area contributed by atoms with Crippen molar-refractivity contribution in [2.75, 3.05) is 10.6 Å². The second kappa shape index (κ2) is 5.11. The molecular weight excluding hydrogens is 259 g/mol. The maximum absolute atomic E-state index is 14.0. The van der Waals surface area contributed by atoms with Gasteiger partial charge in [-0.15, -0.1) is 0 Å². The predicted octanol–water partition coefficient (Wildman–Crippen LogP) is 2.45. The highest BCUT2D eigenvalue weighted by Crippen LogP contribution is 2.36. The van der Waals surface area contributed by atoms with Gasteiger partial charge in [-0.05, 0) is 31.9 Å². The van der Waals surface area contributed by atoms with Gasteiger partial charge in [0.15, 0.2) is 5.84 Å². The molecule has 3 N–H and O–H groups in total. The number of halogens is 1. The fourth-order valence-corrected chi connectivity index (χ4v) is 2.13. The zero-order valence-corrected chi connectivity index (χ0v) is 12.1. The van der Waals surface area contributed by atoms with Crippen LogP contribution in [0.4, 0.5) is 15.8 Å². The molecule has 1 aliphatic rings. The second-order valence-electron chi connectivity index (χ2n) is 5.31. The van der Waals surface area contributed by atoms with E-state index in [-0.39, 0.29) is 11.7 Å². The molecule has 5 nitrogen and oxygen atoms in total. The molecule has 1 aliphatic heterocycles. The first-order valence-corrected chi connectivity index (χ1v) is 6.56. The van der Waals surface area contributed by atoms with Crippen LogP contribution in [0.5, 0.6) is 0 Å². The molecule has 1 aromatic carbocycles. The summed E-state index contributed by atoms with van der Waals surface area (Å²) in [5.74, 6) is -0.0206. The third-order valence-corrected chi connectivity index (χ3v) is 3.22. The Kier molecular flexibility index (Phi) is 3.65. The van der Waals surface area contributed by atoms with Crippen molar-refractivity contribution in [1.29, 1.82) is 0 Å². The number of nitrogens with zero attached hydrogens (tertiary/aromatic N) is 1. The van der Waals surface area contributed by atoms with Crippen LogP contribution in [-0.4, -0.2) is 17.3 Å². The number of anilines is 2. The van der Waals surface area contributed by atoms with Gasteiger partial charge in [0, 0.05) is 6.92 Å². The Balaban J connectivity index is 2.47. The van der Waals surface area contributed by atoms with Crippen LogP contribution in [0.3, 0.4) is 0 Å². The standard InChI is InChI=1S/C14H19FN4O/c1-5-9-6-7-10(15)12-11(9)16-13(14(3,4)17-12)19-18-8(2)20/h6-7,17H,5H2,1-4H3,(H,16,19)(H,18,20). The number of hydrazone groups is 1. The highest BCUT2D eigenvalue weighted by atomic mass is 19.1. The van der Waals surface area contributed by atoms with Crippen molar-refractivity contribution in [2.45, 2.75) is 39.7 Å². The van der Waals surface area contributed by atoms with E-state index in [9.17, 15) is 9.18 Å². The number of hydrogen-bond donors (Lipinski definition) is 3. The minimum atomic E-state index is -0.608. The lowest BCUT2D eigenvalue weighted by molar-refractivity contribution is -0.118. The zero-order valence-electron chi connectivity index (χ0n) is 12.1. The average molecular weight is 278 g/mol. The summed E-state index contributed by atoms with van der Waals surface area (Å²) in [5.41, 5.74) is 3.90. The van der Waals surface area contributed by atoms with Crippen LogP contribution in [0.15, 0.2) is 17.2 Å². The molecule has 0 spiro atoms. The van der Waals surface area contributed by atoms with Crippen molar-refractivity contribution >= 4 is 23.1 Å². The van der Waals surface area contributed by atoms with Gasteiger partial charge < -0.3 is 10.6 Å². The van der Waals surface area contributed by atoms with Crippen molar-refractivity contribution in [3.63, 3.8) is 0 Å². The van der Waals surface area contributed by atoms with Crippen LogP contribution in [0, 0.1) is 5.82 Å². The average Bonchev–Trinajstić information content (AvgIpc) is 2.37. The van der Waals surface area contributed by atoms with Crippen LogP contribution in [0.1, 0.15) is 33.3 Å². The molecule has 2 rings (SSSR count). The molecule has 0 fully saturated rings. The number of carbonyl (C=O) groups excluding carboxylic acids is 1. The summed E-state index contributed by atoms with van der Waals surface area (Å²) in [6.07, 6.45) is 0.769. The van der Waals surface area contributed by atoms with Gasteiger partial charge in [-0.25, -0.2) is 9.82 Å². The molecule has 0 radical (unpaired) electrons. The van der Waals surface area contributed by atoms with Gasteiger partial charge in [-0.3, -0.25) is 4.79 Å². The molecule has 0 saturated carbocycles. The summed E-state index contributed by atoms with van der Waals surface area (Å²) in [6.45, 7) is 7.11. The van der Waals surface area contributed by atoms with Gasteiger partial charge in [0.05, 0.1) is 16.9 Å². The minimum absolute atomic E-state index is 0.254. The molecule has 1 aromatic rings. The molecule has 0 bridgehead atoms. The lowest BCUT2D eigenvalue weighted by Crippen LogP contribution is -2.49. The van der Waals surface area contributed by atoms with Crippen molar-refractivity contribution < 1.29 is 9.18 Å². The Hall–Kier alpha value is -2.11. The molecule has 0 unspecified atom stereocenters. The molecule has 0 atom stereocenters. The molecule has 20 heavy (non-hydrogen) atoms. The van der Waals surface area contributed by atoms with E-state index in [1.54, 1.807) is 6.07 Å². The fourth-order valence-electron chi connectivity index (χ4n) is 2.13. The molecule has 6 heteroatoms. The van der Waals surface area contributed by atoms with Gasteiger partial charge in [0.25, 0.3) is 0 Å². The van der Waals surface area contributed by atoms with E-state index >= 15 is 0 Å². The molecule has 0 aliphatic carbocycles. The molecule has 1 amide bonds. The number of hydrogen-bond acceptors (Lipinski definition) is 3. The van der Waals surface area contributed by atoms with E-state index in [1.165, 1.54) is 13.0 Å². The number of benzene rings is 1. The first kappa shape index (κ1) is 14.3. The molecule has 0 aromatic heterocycles. The van der Waals surface area contributed by atoms with Crippen molar-refractivity contribution in [2.24, 2.45) is 5.10 Å². The Morgan fingerprint density at radius 3 is 2.70 bits per heavy atom. The van der Waals surface area contributed by atoms with Gasteiger partial charge in [0.2, 0.25) is 5.91 Å². The fraction of sp³-hybridized carbons (Fsp3) is 0.429. The Morgan fingerprint density at radius 2 is 2.10 bits per heavy atom. The second-order valence-corrected chi connectivity index (χ2v) is 5.31. The summed E-state index contributed by atoms with van der Waals surface area (Å²) in [7, 11) is 0. The largest absolute Gasteiger partial charge is 0.369 e. The number of nitrogens with one attached hydrogen (secondary N) is 3. The van der Waals surface area contributed by atoms with E-state index in [4.69, 9.17) is 0 Å². The summed E-state index contributed by atoms with van der Waals surface area (Å²) in [5, 5.41) is 10.3.